The minimum atomic E-state index is -0.448. The van der Waals surface area contributed by atoms with Gasteiger partial charge in [0.05, 0.1) is 16.9 Å². The SMILES string of the molecule is CNc1ccc(B2OC(C)(C)C(C)(C)O2)cc1C(=N)c1cccnc1. The van der Waals surface area contributed by atoms with Crippen LogP contribution in [0.15, 0.2) is 42.7 Å². The Morgan fingerprint density at radius 3 is 2.36 bits per heavy atom. The number of aromatic nitrogens is 1. The Morgan fingerprint density at radius 2 is 1.80 bits per heavy atom. The normalized spacial score (nSPS) is 18.2. The maximum atomic E-state index is 8.58. The molecule has 1 aliphatic rings. The van der Waals surface area contributed by atoms with Crippen LogP contribution in [0, 0.1) is 5.41 Å². The van der Waals surface area contributed by atoms with Crippen LogP contribution in [-0.2, 0) is 9.31 Å². The maximum Gasteiger partial charge on any atom is 0.494 e. The van der Waals surface area contributed by atoms with Crippen LogP contribution in [0.2, 0.25) is 0 Å². The van der Waals surface area contributed by atoms with Crippen molar-refractivity contribution in [2.45, 2.75) is 38.9 Å². The van der Waals surface area contributed by atoms with Crippen molar-refractivity contribution in [3.8, 4) is 0 Å². The molecule has 130 valence electrons. The molecule has 1 fully saturated rings. The Kier molecular flexibility index (Phi) is 4.43. The van der Waals surface area contributed by atoms with Gasteiger partial charge >= 0.3 is 7.12 Å². The first-order chi connectivity index (χ1) is 11.7. The quantitative estimate of drug-likeness (QED) is 0.665. The number of nitrogens with one attached hydrogen (secondary N) is 2. The molecular formula is C19H24BN3O2. The molecule has 2 heterocycles. The number of nitrogens with zero attached hydrogens (tertiary/aromatic N) is 1. The highest BCUT2D eigenvalue weighted by molar-refractivity contribution is 6.62. The Labute approximate surface area is 149 Å². The predicted octanol–water partition coefficient (Wildman–Crippen LogP) is 2.84. The topological polar surface area (TPSA) is 67.2 Å². The number of hydrogen-bond donors (Lipinski definition) is 2. The van der Waals surface area contributed by atoms with Gasteiger partial charge in [0.1, 0.15) is 0 Å². The number of benzene rings is 1. The van der Waals surface area contributed by atoms with E-state index in [1.54, 1.807) is 12.4 Å². The summed E-state index contributed by atoms with van der Waals surface area (Å²) in [5.74, 6) is 0. The number of rotatable bonds is 4. The first-order valence-electron chi connectivity index (χ1n) is 8.42. The molecule has 1 aromatic heterocycles. The lowest BCUT2D eigenvalue weighted by Gasteiger charge is -2.32. The lowest BCUT2D eigenvalue weighted by Crippen LogP contribution is -2.41. The zero-order valence-corrected chi connectivity index (χ0v) is 15.4. The molecule has 0 radical (unpaired) electrons. The first kappa shape index (κ1) is 17.6. The highest BCUT2D eigenvalue weighted by atomic mass is 16.7. The van der Waals surface area contributed by atoms with E-state index in [0.717, 1.165) is 22.3 Å². The molecule has 1 aliphatic heterocycles. The molecule has 0 spiro atoms. The fourth-order valence-electron chi connectivity index (χ4n) is 2.78. The molecule has 0 bridgehead atoms. The van der Waals surface area contributed by atoms with E-state index >= 15 is 0 Å². The van der Waals surface area contributed by atoms with E-state index in [1.165, 1.54) is 0 Å². The third kappa shape index (κ3) is 3.19. The molecule has 2 N–H and O–H groups in total. The van der Waals surface area contributed by atoms with Gasteiger partial charge in [-0.1, -0.05) is 12.1 Å². The van der Waals surface area contributed by atoms with Gasteiger partial charge in [-0.3, -0.25) is 10.4 Å². The van der Waals surface area contributed by atoms with Gasteiger partial charge < -0.3 is 14.6 Å². The van der Waals surface area contributed by atoms with Crippen LogP contribution < -0.4 is 10.8 Å². The van der Waals surface area contributed by atoms with Gasteiger partial charge in [0, 0.05) is 36.3 Å². The minimum absolute atomic E-state index is 0.392. The fourth-order valence-corrected chi connectivity index (χ4v) is 2.78. The summed E-state index contributed by atoms with van der Waals surface area (Å²) in [6, 6.07) is 9.62. The molecule has 3 rings (SSSR count). The standard InChI is InChI=1S/C19H24BN3O2/c1-18(2)19(3,4)25-20(24-18)14-8-9-16(22-5)15(11-14)17(21)13-7-6-10-23-12-13/h6-12,21-22H,1-5H3. The monoisotopic (exact) mass is 337 g/mol. The van der Waals surface area contributed by atoms with Crippen molar-refractivity contribution in [2.75, 3.05) is 12.4 Å². The van der Waals surface area contributed by atoms with Crippen LogP contribution in [0.3, 0.4) is 0 Å². The lowest BCUT2D eigenvalue weighted by atomic mass is 9.77. The Morgan fingerprint density at radius 1 is 1.12 bits per heavy atom. The summed E-state index contributed by atoms with van der Waals surface area (Å²) in [5.41, 5.74) is 2.98. The molecule has 0 unspecified atom stereocenters. The predicted molar refractivity (Wildman–Crippen MR) is 102 cm³/mol. The minimum Gasteiger partial charge on any atom is -0.399 e. The average molecular weight is 337 g/mol. The molecular weight excluding hydrogens is 313 g/mol. The number of hydrogen-bond acceptors (Lipinski definition) is 5. The summed E-state index contributed by atoms with van der Waals surface area (Å²) in [6.45, 7) is 8.14. The molecule has 1 aromatic carbocycles. The van der Waals surface area contributed by atoms with Crippen molar-refractivity contribution in [1.29, 1.82) is 5.41 Å². The Balaban J connectivity index is 1.98. The van der Waals surface area contributed by atoms with Gasteiger partial charge in [0.15, 0.2) is 0 Å². The first-order valence-corrected chi connectivity index (χ1v) is 8.42. The summed E-state index contributed by atoms with van der Waals surface area (Å²) >= 11 is 0. The van der Waals surface area contributed by atoms with Gasteiger partial charge in [-0.15, -0.1) is 0 Å². The van der Waals surface area contributed by atoms with Gasteiger partial charge in [-0.2, -0.15) is 0 Å². The van der Waals surface area contributed by atoms with Gasteiger partial charge in [-0.05, 0) is 51.4 Å². The second-order valence-corrected chi connectivity index (χ2v) is 7.26. The van der Waals surface area contributed by atoms with E-state index in [-0.39, 0.29) is 0 Å². The third-order valence-electron chi connectivity index (χ3n) is 5.06. The second kappa shape index (κ2) is 6.28. The number of pyridine rings is 1. The van der Waals surface area contributed by atoms with Crippen LogP contribution in [-0.4, -0.2) is 36.1 Å². The zero-order chi connectivity index (χ0) is 18.2. The van der Waals surface area contributed by atoms with E-state index in [0.29, 0.717) is 5.71 Å². The summed E-state index contributed by atoms with van der Waals surface area (Å²) < 4.78 is 12.3. The van der Waals surface area contributed by atoms with Crippen LogP contribution in [0.5, 0.6) is 0 Å². The van der Waals surface area contributed by atoms with E-state index in [4.69, 9.17) is 14.7 Å². The van der Waals surface area contributed by atoms with Crippen LogP contribution >= 0.6 is 0 Å². The molecule has 25 heavy (non-hydrogen) atoms. The van der Waals surface area contributed by atoms with E-state index in [1.807, 2.05) is 65.1 Å². The van der Waals surface area contributed by atoms with Crippen molar-refractivity contribution in [3.63, 3.8) is 0 Å². The van der Waals surface area contributed by atoms with Gasteiger partial charge in [0.25, 0.3) is 0 Å². The van der Waals surface area contributed by atoms with Crippen molar-refractivity contribution in [2.24, 2.45) is 0 Å². The summed E-state index contributed by atoms with van der Waals surface area (Å²) in [6.07, 6.45) is 3.40. The van der Waals surface area contributed by atoms with E-state index in [2.05, 4.69) is 10.3 Å². The fraction of sp³-hybridized carbons (Fsp3) is 0.368. The van der Waals surface area contributed by atoms with Crippen LogP contribution in [0.25, 0.3) is 0 Å². The molecule has 0 amide bonds. The highest BCUT2D eigenvalue weighted by Crippen LogP contribution is 2.36. The van der Waals surface area contributed by atoms with Crippen molar-refractivity contribution in [3.05, 3.63) is 53.9 Å². The molecule has 5 nitrogen and oxygen atoms in total. The second-order valence-electron chi connectivity index (χ2n) is 7.26. The molecule has 0 aliphatic carbocycles. The van der Waals surface area contributed by atoms with Crippen LogP contribution in [0.1, 0.15) is 38.8 Å². The van der Waals surface area contributed by atoms with Crippen molar-refractivity contribution >= 4 is 24.0 Å². The van der Waals surface area contributed by atoms with Crippen molar-refractivity contribution in [1.82, 2.24) is 4.98 Å². The van der Waals surface area contributed by atoms with E-state index < -0.39 is 18.3 Å². The summed E-state index contributed by atoms with van der Waals surface area (Å²) in [7, 11) is 1.40. The Bertz CT molecular complexity index is 775. The smallest absolute Gasteiger partial charge is 0.399 e. The average Bonchev–Trinajstić information content (AvgIpc) is 2.82. The molecule has 6 heteroatoms. The lowest BCUT2D eigenvalue weighted by molar-refractivity contribution is 0.00578. The molecule has 0 saturated carbocycles. The van der Waals surface area contributed by atoms with Crippen molar-refractivity contribution < 1.29 is 9.31 Å². The summed E-state index contributed by atoms with van der Waals surface area (Å²) in [4.78, 5) is 4.11. The third-order valence-corrected chi connectivity index (χ3v) is 5.06. The zero-order valence-electron chi connectivity index (χ0n) is 15.4. The molecule has 0 atom stereocenters. The maximum absolute atomic E-state index is 8.58. The summed E-state index contributed by atoms with van der Waals surface area (Å²) in [5, 5.41) is 11.7. The van der Waals surface area contributed by atoms with Gasteiger partial charge in [0.2, 0.25) is 0 Å². The van der Waals surface area contributed by atoms with E-state index in [9.17, 15) is 0 Å². The highest BCUT2D eigenvalue weighted by Gasteiger charge is 2.51. The van der Waals surface area contributed by atoms with Crippen LogP contribution in [0.4, 0.5) is 5.69 Å². The number of anilines is 1. The molecule has 1 saturated heterocycles. The largest absolute Gasteiger partial charge is 0.494 e. The van der Waals surface area contributed by atoms with Gasteiger partial charge in [-0.25, -0.2) is 0 Å². The molecule has 2 aromatic rings. The Hall–Kier alpha value is -2.18.